The first-order valence-electron chi connectivity index (χ1n) is 10.7. The number of methoxy groups -OCH3 is 1. The topological polar surface area (TPSA) is 59.4 Å². The van der Waals surface area contributed by atoms with Gasteiger partial charge in [0.05, 0.1) is 24.9 Å². The van der Waals surface area contributed by atoms with Crippen molar-refractivity contribution in [3.8, 4) is 5.75 Å². The van der Waals surface area contributed by atoms with E-state index >= 15 is 0 Å². The van der Waals surface area contributed by atoms with Crippen LogP contribution in [-0.4, -0.2) is 47.3 Å². The summed E-state index contributed by atoms with van der Waals surface area (Å²) in [4.78, 5) is 15.2. The average molecular weight is 417 g/mol. The van der Waals surface area contributed by atoms with Crippen molar-refractivity contribution in [2.75, 3.05) is 32.1 Å². The number of ether oxygens (including phenoxy) is 1. The molecule has 1 fully saturated rings. The second-order valence-corrected chi connectivity index (χ2v) is 7.66. The maximum Gasteiger partial charge on any atom is 0.260 e. The summed E-state index contributed by atoms with van der Waals surface area (Å²) in [6, 6.07) is 19.7. The van der Waals surface area contributed by atoms with Gasteiger partial charge in [-0.15, -0.1) is 0 Å². The molecule has 2 heterocycles. The van der Waals surface area contributed by atoms with Gasteiger partial charge in [-0.25, -0.2) is 4.68 Å². The number of nitrogens with one attached hydrogen (secondary N) is 1. The summed E-state index contributed by atoms with van der Waals surface area (Å²) in [6.45, 7) is 2.95. The summed E-state index contributed by atoms with van der Waals surface area (Å²) < 4.78 is 7.26. The van der Waals surface area contributed by atoms with Gasteiger partial charge in [-0.2, -0.15) is 5.10 Å². The summed E-state index contributed by atoms with van der Waals surface area (Å²) in [5, 5.41) is 7.49. The van der Waals surface area contributed by atoms with Crippen LogP contribution < -0.4 is 10.1 Å². The molecule has 6 nitrogen and oxygen atoms in total. The van der Waals surface area contributed by atoms with Gasteiger partial charge < -0.3 is 10.1 Å². The number of likely N-dealkylation sites (tertiary alicyclic amines) is 1. The molecule has 0 saturated carbocycles. The highest BCUT2D eigenvalue weighted by Gasteiger charge is 2.23. The Balaban J connectivity index is 1.33. The zero-order valence-corrected chi connectivity index (χ0v) is 17.8. The molecule has 0 radical (unpaired) electrons. The minimum absolute atomic E-state index is 0.192. The number of nitrogens with zero attached hydrogens (tertiary/aromatic N) is 3. The average Bonchev–Trinajstić information content (AvgIpc) is 3.28. The predicted molar refractivity (Wildman–Crippen MR) is 123 cm³/mol. The van der Waals surface area contributed by atoms with Gasteiger partial charge >= 0.3 is 0 Å². The molecule has 1 saturated heterocycles. The Morgan fingerprint density at radius 2 is 1.84 bits per heavy atom. The van der Waals surface area contributed by atoms with E-state index in [-0.39, 0.29) is 11.9 Å². The van der Waals surface area contributed by atoms with Crippen molar-refractivity contribution in [2.45, 2.75) is 18.9 Å². The van der Waals surface area contributed by atoms with Crippen molar-refractivity contribution in [3.05, 3.63) is 84.1 Å². The minimum Gasteiger partial charge on any atom is -0.496 e. The van der Waals surface area contributed by atoms with Crippen LogP contribution in [0.1, 0.15) is 34.8 Å². The smallest absolute Gasteiger partial charge is 0.260 e. The van der Waals surface area contributed by atoms with Crippen LogP contribution in [-0.2, 0) is 0 Å². The molecular formula is C25H28N4O2. The molecule has 3 aromatic rings. The molecule has 0 bridgehead atoms. The molecule has 6 heteroatoms. The molecule has 2 aromatic carbocycles. The van der Waals surface area contributed by atoms with E-state index < -0.39 is 0 Å². The fraction of sp³-hybridized carbons (Fsp3) is 0.280. The number of hydrogen-bond acceptors (Lipinski definition) is 4. The van der Waals surface area contributed by atoms with Crippen LogP contribution in [0.5, 0.6) is 5.75 Å². The van der Waals surface area contributed by atoms with Crippen LogP contribution in [0.3, 0.4) is 0 Å². The predicted octanol–water partition coefficient (Wildman–Crippen LogP) is 4.49. The van der Waals surface area contributed by atoms with Crippen molar-refractivity contribution < 1.29 is 9.53 Å². The van der Waals surface area contributed by atoms with Gasteiger partial charge in [0.1, 0.15) is 11.6 Å². The van der Waals surface area contributed by atoms with Crippen molar-refractivity contribution >= 4 is 17.8 Å². The van der Waals surface area contributed by atoms with Gasteiger partial charge in [-0.3, -0.25) is 9.69 Å². The van der Waals surface area contributed by atoms with E-state index in [1.54, 1.807) is 25.4 Å². The third-order valence-corrected chi connectivity index (χ3v) is 5.64. The molecule has 31 heavy (non-hydrogen) atoms. The van der Waals surface area contributed by atoms with Crippen LogP contribution in [0.15, 0.2) is 72.9 Å². The van der Waals surface area contributed by atoms with E-state index in [0.29, 0.717) is 11.3 Å². The highest BCUT2D eigenvalue weighted by Crippen LogP contribution is 2.26. The molecule has 1 N–H and O–H groups in total. The summed E-state index contributed by atoms with van der Waals surface area (Å²) in [6.07, 6.45) is 8.14. The summed E-state index contributed by atoms with van der Waals surface area (Å²) in [7, 11) is 1.57. The van der Waals surface area contributed by atoms with E-state index in [2.05, 4.69) is 51.7 Å². The van der Waals surface area contributed by atoms with Crippen LogP contribution >= 0.6 is 0 Å². The van der Waals surface area contributed by atoms with Crippen molar-refractivity contribution in [3.63, 3.8) is 0 Å². The Bertz CT molecular complexity index is 1020. The number of rotatable bonds is 7. The Kier molecular flexibility index (Phi) is 6.79. The Morgan fingerprint density at radius 1 is 1.10 bits per heavy atom. The zero-order valence-electron chi connectivity index (χ0n) is 17.8. The number of benzene rings is 2. The summed E-state index contributed by atoms with van der Waals surface area (Å²) in [5.74, 6) is 1.09. The number of carbonyl (C=O) groups excluding carboxylic acids is 1. The van der Waals surface area contributed by atoms with E-state index in [4.69, 9.17) is 4.74 Å². The number of carbonyl (C=O) groups is 1. The number of amides is 1. The molecule has 0 atom stereocenters. The Morgan fingerprint density at radius 3 is 2.61 bits per heavy atom. The van der Waals surface area contributed by atoms with Crippen molar-refractivity contribution in [1.29, 1.82) is 0 Å². The second-order valence-electron chi connectivity index (χ2n) is 7.66. The maximum absolute atomic E-state index is 12.8. The van der Waals surface area contributed by atoms with Crippen LogP contribution in [0, 0.1) is 0 Å². The molecule has 1 amide bonds. The third kappa shape index (κ3) is 5.22. The van der Waals surface area contributed by atoms with Crippen LogP contribution in [0.4, 0.5) is 5.82 Å². The summed E-state index contributed by atoms with van der Waals surface area (Å²) >= 11 is 0. The number of aromatic nitrogens is 2. The number of hydrogen-bond donors (Lipinski definition) is 1. The van der Waals surface area contributed by atoms with E-state index in [9.17, 15) is 4.79 Å². The fourth-order valence-electron chi connectivity index (χ4n) is 3.97. The first-order chi connectivity index (χ1) is 15.2. The highest BCUT2D eigenvalue weighted by atomic mass is 16.5. The second kappa shape index (κ2) is 10.1. The monoisotopic (exact) mass is 416 g/mol. The van der Waals surface area contributed by atoms with Crippen LogP contribution in [0.2, 0.25) is 0 Å². The van der Waals surface area contributed by atoms with Gasteiger partial charge in [-0.05, 0) is 30.5 Å². The van der Waals surface area contributed by atoms with Gasteiger partial charge in [0.15, 0.2) is 0 Å². The molecule has 1 aliphatic heterocycles. The summed E-state index contributed by atoms with van der Waals surface area (Å²) in [5.41, 5.74) is 1.74. The molecular weight excluding hydrogens is 388 g/mol. The molecule has 0 unspecified atom stereocenters. The lowest BCUT2D eigenvalue weighted by atomic mass is 10.1. The first kappa shape index (κ1) is 20.9. The van der Waals surface area contributed by atoms with E-state index in [1.165, 1.54) is 5.56 Å². The standard InChI is InChI=1S/C25H28N4O2/c1-31-23-12-6-5-11-22(23)25(30)27-24-13-16-26-29(24)21-14-18-28(19-15-21)17-7-10-20-8-3-2-4-9-20/h2-13,16,21H,14-15,17-19H2,1H3,(H,27,30). The third-order valence-electron chi connectivity index (χ3n) is 5.64. The molecule has 0 aliphatic carbocycles. The lowest BCUT2D eigenvalue weighted by Gasteiger charge is -2.32. The quantitative estimate of drug-likeness (QED) is 0.616. The lowest BCUT2D eigenvalue weighted by molar-refractivity contribution is 0.102. The fourth-order valence-corrected chi connectivity index (χ4v) is 3.97. The van der Waals surface area contributed by atoms with Gasteiger partial charge in [0.25, 0.3) is 5.91 Å². The zero-order chi connectivity index (χ0) is 21.5. The van der Waals surface area contributed by atoms with Gasteiger partial charge in [-0.1, -0.05) is 54.6 Å². The van der Waals surface area contributed by atoms with Crippen LogP contribution in [0.25, 0.3) is 6.08 Å². The highest BCUT2D eigenvalue weighted by molar-refractivity contribution is 6.05. The van der Waals surface area contributed by atoms with Gasteiger partial charge in [0, 0.05) is 25.7 Å². The number of piperidine rings is 1. The molecule has 4 rings (SSSR count). The van der Waals surface area contributed by atoms with Gasteiger partial charge in [0.2, 0.25) is 0 Å². The van der Waals surface area contributed by atoms with E-state index in [1.807, 2.05) is 28.9 Å². The van der Waals surface area contributed by atoms with E-state index in [0.717, 1.165) is 38.3 Å². The molecule has 0 spiro atoms. The molecule has 1 aliphatic rings. The Labute approximate surface area is 183 Å². The van der Waals surface area contributed by atoms with Crippen molar-refractivity contribution in [2.24, 2.45) is 0 Å². The van der Waals surface area contributed by atoms with Crippen molar-refractivity contribution in [1.82, 2.24) is 14.7 Å². The largest absolute Gasteiger partial charge is 0.496 e. The lowest BCUT2D eigenvalue weighted by Crippen LogP contribution is -2.35. The molecule has 1 aromatic heterocycles. The Hall–Kier alpha value is -3.38. The first-order valence-corrected chi connectivity index (χ1v) is 10.7. The number of para-hydroxylation sites is 1. The SMILES string of the molecule is COc1ccccc1C(=O)Nc1ccnn1C1CCN(CC=Cc2ccccc2)CC1. The normalized spacial score (nSPS) is 15.3. The maximum atomic E-state index is 12.8. The minimum atomic E-state index is -0.192. The number of anilines is 1. The molecule has 160 valence electrons.